The van der Waals surface area contributed by atoms with E-state index in [1.165, 1.54) is 0 Å². The first-order valence-electron chi connectivity index (χ1n) is 2.24. The van der Waals surface area contributed by atoms with Gasteiger partial charge in [-0.15, -0.1) is 0 Å². The zero-order chi connectivity index (χ0) is 6.91. The van der Waals surface area contributed by atoms with E-state index in [0.717, 1.165) is 11.8 Å². The largest absolute Gasteiger partial charge is 1.00 e. The Labute approximate surface area is 85.5 Å². The average molecular weight is 189 g/mol. The van der Waals surface area contributed by atoms with Crippen molar-refractivity contribution < 1.29 is 42.5 Å². The maximum atomic E-state index is 10.1. The summed E-state index contributed by atoms with van der Waals surface area (Å²) in [6, 6.07) is 0. The summed E-state index contributed by atoms with van der Waals surface area (Å²) in [4.78, 5) is 3.49. The van der Waals surface area contributed by atoms with E-state index in [2.05, 4.69) is 4.99 Å². The zero-order valence-electron chi connectivity index (χ0n) is 5.40. The second kappa shape index (κ2) is 4.08. The minimum atomic E-state index is -4.24. The van der Waals surface area contributed by atoms with E-state index >= 15 is 0 Å². The van der Waals surface area contributed by atoms with Crippen LogP contribution in [0.25, 0.3) is 0 Å². The van der Waals surface area contributed by atoms with Crippen molar-refractivity contribution in [2.24, 2.45) is 4.99 Å². The molecule has 0 saturated heterocycles. The van der Waals surface area contributed by atoms with Crippen LogP contribution in [0, 0.1) is 0 Å². The van der Waals surface area contributed by atoms with Crippen LogP contribution >= 0.6 is 11.8 Å². The molecule has 1 heterocycles. The molecule has 0 aromatic carbocycles. The summed E-state index contributed by atoms with van der Waals surface area (Å²) in [7, 11) is -4.24. The molecule has 0 aromatic rings. The number of rotatable bonds is 0. The first kappa shape index (κ1) is 10.9. The molecule has 0 N–H and O–H groups in total. The Balaban J connectivity index is 0.000000810. The fraction of sp³-hybridized carbons (Fsp3) is 0.667. The number of thioether (sulfide) groups is 1. The average Bonchev–Trinajstić information content (AvgIpc) is 2.08. The molecule has 0 unspecified atom stereocenters. The van der Waals surface area contributed by atoms with Gasteiger partial charge in [-0.2, -0.15) is 0 Å². The molecule has 1 aliphatic rings. The van der Waals surface area contributed by atoms with E-state index < -0.39 is 10.1 Å². The summed E-state index contributed by atoms with van der Waals surface area (Å²) < 4.78 is 30.1. The minimum absolute atomic E-state index is 0. The Kier molecular flexibility index (Phi) is 4.46. The van der Waals surface area contributed by atoms with Crippen LogP contribution < -0.4 is 29.6 Å². The first-order valence-corrected chi connectivity index (χ1v) is 4.63. The summed E-state index contributed by atoms with van der Waals surface area (Å²) in [6.45, 7) is 0.446. The summed E-state index contributed by atoms with van der Waals surface area (Å²) in [5.74, 6) is 0.608. The molecule has 10 heavy (non-hydrogen) atoms. The zero-order valence-corrected chi connectivity index (χ0v) is 9.04. The van der Waals surface area contributed by atoms with Gasteiger partial charge in [0.25, 0.3) is 0 Å². The first-order chi connectivity index (χ1) is 4.11. The van der Waals surface area contributed by atoms with Crippen molar-refractivity contribution >= 4 is 26.3 Å². The number of hydrogen-bond donors (Lipinski definition) is 0. The van der Waals surface area contributed by atoms with Crippen molar-refractivity contribution in [1.29, 1.82) is 0 Å². The summed E-state index contributed by atoms with van der Waals surface area (Å²) in [6.07, 6.45) is 0. The normalized spacial score (nSPS) is 17.9. The fourth-order valence-electron chi connectivity index (χ4n) is 0.467. The van der Waals surface area contributed by atoms with Crippen LogP contribution in [0.15, 0.2) is 4.99 Å². The predicted molar refractivity (Wildman–Crippen MR) is 34.5 cm³/mol. The van der Waals surface area contributed by atoms with E-state index in [0.29, 0.717) is 12.3 Å². The van der Waals surface area contributed by atoms with Gasteiger partial charge in [0.1, 0.15) is 10.1 Å². The van der Waals surface area contributed by atoms with Crippen molar-refractivity contribution in [3.05, 3.63) is 0 Å². The smallest absolute Gasteiger partial charge is 0.742 e. The van der Waals surface area contributed by atoms with E-state index in [-0.39, 0.29) is 33.9 Å². The summed E-state index contributed by atoms with van der Waals surface area (Å²) in [5, 5.41) is 0. The van der Waals surface area contributed by atoms with Gasteiger partial charge < -0.3 is 4.55 Å². The second-order valence-corrected chi connectivity index (χ2v) is 4.09. The third-order valence-corrected chi connectivity index (χ3v) is 3.06. The molecule has 0 bridgehead atoms. The van der Waals surface area contributed by atoms with Crippen LogP contribution in [-0.4, -0.2) is 29.6 Å². The molecular weight excluding hydrogens is 185 g/mol. The van der Waals surface area contributed by atoms with Crippen LogP contribution in [-0.2, 0) is 10.1 Å². The molecule has 4 nitrogen and oxygen atoms in total. The molecule has 7 heteroatoms. The molecule has 0 aliphatic carbocycles. The summed E-state index contributed by atoms with van der Waals surface area (Å²) >= 11 is 0.999. The molecule has 0 aromatic heterocycles. The topological polar surface area (TPSA) is 69.6 Å². The fourth-order valence-corrected chi connectivity index (χ4v) is 2.08. The van der Waals surface area contributed by atoms with Crippen LogP contribution in [0.3, 0.4) is 0 Å². The van der Waals surface area contributed by atoms with E-state index in [1.807, 2.05) is 0 Å². The van der Waals surface area contributed by atoms with Gasteiger partial charge in [0.05, 0.1) is 6.54 Å². The second-order valence-electron chi connectivity index (χ2n) is 1.45. The molecule has 0 radical (unpaired) electrons. The van der Waals surface area contributed by atoms with E-state index in [9.17, 15) is 13.0 Å². The van der Waals surface area contributed by atoms with Crippen LogP contribution in [0.4, 0.5) is 0 Å². The molecule has 0 spiro atoms. The summed E-state index contributed by atoms with van der Waals surface area (Å²) in [5.41, 5.74) is 0. The Morgan fingerprint density at radius 2 is 2.20 bits per heavy atom. The van der Waals surface area contributed by atoms with Crippen LogP contribution in [0.2, 0.25) is 0 Å². The van der Waals surface area contributed by atoms with E-state index in [4.69, 9.17) is 0 Å². The van der Waals surface area contributed by atoms with Crippen molar-refractivity contribution in [2.75, 3.05) is 12.3 Å². The maximum absolute atomic E-state index is 10.1. The standard InChI is InChI=1S/C3H5NO3S2.Na/c5-9(6,7)3-4-1-2-8-3;/h1-2H2,(H,5,6,7);/q;+1/p-1. The molecule has 52 valence electrons. The van der Waals surface area contributed by atoms with Gasteiger partial charge in [0.15, 0.2) is 4.38 Å². The third kappa shape index (κ3) is 2.89. The number of hydrogen-bond acceptors (Lipinski definition) is 5. The van der Waals surface area contributed by atoms with Gasteiger partial charge in [-0.3, -0.25) is 4.99 Å². The molecule has 0 saturated carbocycles. The molecular formula is C3H4NNaO3S2. The monoisotopic (exact) mass is 189 g/mol. The van der Waals surface area contributed by atoms with Crippen LogP contribution in [0.1, 0.15) is 0 Å². The number of aliphatic imine (C=N–C) groups is 1. The number of nitrogens with zero attached hydrogens (tertiary/aromatic N) is 1. The molecule has 1 aliphatic heterocycles. The third-order valence-electron chi connectivity index (χ3n) is 0.772. The Morgan fingerprint density at radius 1 is 1.60 bits per heavy atom. The molecule has 1 rings (SSSR count). The van der Waals surface area contributed by atoms with Gasteiger partial charge >= 0.3 is 29.6 Å². The van der Waals surface area contributed by atoms with Crippen molar-refractivity contribution in [3.8, 4) is 0 Å². The van der Waals surface area contributed by atoms with Gasteiger partial charge in [0, 0.05) is 5.75 Å². The van der Waals surface area contributed by atoms with Gasteiger partial charge in [-0.25, -0.2) is 8.42 Å². The van der Waals surface area contributed by atoms with E-state index in [1.54, 1.807) is 0 Å². The van der Waals surface area contributed by atoms with Crippen molar-refractivity contribution in [2.45, 2.75) is 0 Å². The Morgan fingerprint density at radius 3 is 2.40 bits per heavy atom. The van der Waals surface area contributed by atoms with Gasteiger partial charge in [-0.05, 0) is 0 Å². The Hall–Kier alpha value is 0.930. The van der Waals surface area contributed by atoms with Gasteiger partial charge in [-0.1, -0.05) is 11.8 Å². The molecule has 0 fully saturated rings. The molecule has 0 amide bonds. The van der Waals surface area contributed by atoms with Crippen molar-refractivity contribution in [1.82, 2.24) is 0 Å². The quantitative estimate of drug-likeness (QED) is 0.295. The van der Waals surface area contributed by atoms with Crippen LogP contribution in [0.5, 0.6) is 0 Å². The molecule has 0 atom stereocenters. The SMILES string of the molecule is O=S(=O)([O-])C1=NCCS1.[Na+]. The predicted octanol–water partition coefficient (Wildman–Crippen LogP) is -3.36. The Bertz CT molecular complexity index is 234. The maximum Gasteiger partial charge on any atom is 1.00 e. The van der Waals surface area contributed by atoms with Crippen molar-refractivity contribution in [3.63, 3.8) is 0 Å². The minimum Gasteiger partial charge on any atom is -0.742 e. The van der Waals surface area contributed by atoms with Gasteiger partial charge in [0.2, 0.25) is 0 Å².